The zero-order valence-electron chi connectivity index (χ0n) is 29.4. The third-order valence-electron chi connectivity index (χ3n) is 7.58. The summed E-state index contributed by atoms with van der Waals surface area (Å²) in [6.07, 6.45) is 10.8. The predicted octanol–water partition coefficient (Wildman–Crippen LogP) is 8.41. The van der Waals surface area contributed by atoms with Gasteiger partial charge in [-0.2, -0.15) is 0 Å². The second-order valence-corrected chi connectivity index (χ2v) is 11.6. The molecule has 0 atom stereocenters. The van der Waals surface area contributed by atoms with E-state index in [4.69, 9.17) is 28.4 Å². The highest BCUT2D eigenvalue weighted by Gasteiger charge is 2.15. The summed E-state index contributed by atoms with van der Waals surface area (Å²) in [6.45, 7) is 10.6. The monoisotopic (exact) mass is 700 g/mol. The zero-order valence-corrected chi connectivity index (χ0v) is 29.4. The van der Waals surface area contributed by atoms with Gasteiger partial charge in [-0.3, -0.25) is 0 Å². The molecule has 0 heterocycles. The molecule has 0 N–H and O–H groups in total. The molecule has 0 radical (unpaired) electrons. The Hall–Kier alpha value is -5.38. The molecule has 0 aromatic heterocycles. The van der Waals surface area contributed by atoms with Crippen LogP contribution in [0.4, 0.5) is 0 Å². The molecule has 0 saturated heterocycles. The molecule has 272 valence electrons. The number of aryl methyl sites for hydroxylation is 1. The largest absolute Gasteiger partial charge is 0.494 e. The minimum Gasteiger partial charge on any atom is -0.494 e. The first-order valence-corrected chi connectivity index (χ1v) is 17.4. The summed E-state index contributed by atoms with van der Waals surface area (Å²) in [6, 6.07) is 18.5. The van der Waals surface area contributed by atoms with Crippen molar-refractivity contribution in [2.24, 2.45) is 0 Å². The molecule has 51 heavy (non-hydrogen) atoms. The topological polar surface area (TPSA) is 124 Å². The van der Waals surface area contributed by atoms with Crippen molar-refractivity contribution in [2.75, 3.05) is 26.4 Å². The van der Waals surface area contributed by atoms with Gasteiger partial charge in [0.05, 0.1) is 37.6 Å². The molecule has 0 unspecified atom stereocenters. The Kier molecular flexibility index (Phi) is 18.1. The average molecular weight is 701 g/mol. The lowest BCUT2D eigenvalue weighted by Crippen LogP contribution is -2.11. The second kappa shape index (κ2) is 23.1. The van der Waals surface area contributed by atoms with E-state index in [2.05, 4.69) is 13.2 Å². The predicted molar refractivity (Wildman–Crippen MR) is 193 cm³/mol. The molecule has 0 bridgehead atoms. The SMILES string of the molecule is C=CC(=O)OCCCCCCOc1ccc(C(=O)Oc2ccc(OC(=O)c3ccc(OCCCCCCOC(=O)C=C)cc3)c(CCC)c2)cc1. The van der Waals surface area contributed by atoms with Gasteiger partial charge in [-0.1, -0.05) is 26.5 Å². The fraction of sp³-hybridized carbons (Fsp3) is 0.366. The maximum absolute atomic E-state index is 13.0. The molecular weight excluding hydrogens is 652 g/mol. The van der Waals surface area contributed by atoms with Crippen molar-refractivity contribution in [1.29, 1.82) is 0 Å². The van der Waals surface area contributed by atoms with Crippen molar-refractivity contribution in [3.05, 3.63) is 109 Å². The van der Waals surface area contributed by atoms with E-state index in [1.54, 1.807) is 66.7 Å². The molecular formula is C41H48O10. The molecule has 0 fully saturated rings. The summed E-state index contributed by atoms with van der Waals surface area (Å²) in [5.74, 6) is 0.225. The lowest BCUT2D eigenvalue weighted by molar-refractivity contribution is -0.138. The number of hydrogen-bond acceptors (Lipinski definition) is 10. The molecule has 0 aliphatic carbocycles. The molecule has 3 rings (SSSR count). The zero-order chi connectivity index (χ0) is 36.7. The Labute approximate surface area is 300 Å². The normalized spacial score (nSPS) is 10.5. The summed E-state index contributed by atoms with van der Waals surface area (Å²) < 4.78 is 32.9. The van der Waals surface area contributed by atoms with E-state index in [0.29, 0.717) is 67.0 Å². The van der Waals surface area contributed by atoms with Gasteiger partial charge in [0.1, 0.15) is 23.0 Å². The van der Waals surface area contributed by atoms with E-state index in [9.17, 15) is 19.2 Å². The van der Waals surface area contributed by atoms with Gasteiger partial charge in [0.25, 0.3) is 0 Å². The van der Waals surface area contributed by atoms with Crippen molar-refractivity contribution >= 4 is 23.9 Å². The molecule has 10 heteroatoms. The van der Waals surface area contributed by atoms with Gasteiger partial charge in [0, 0.05) is 12.2 Å². The number of carbonyl (C=O) groups is 4. The van der Waals surface area contributed by atoms with E-state index in [0.717, 1.165) is 75.5 Å². The summed E-state index contributed by atoms with van der Waals surface area (Å²) in [4.78, 5) is 47.9. The van der Waals surface area contributed by atoms with Crippen LogP contribution in [0.1, 0.15) is 91.0 Å². The maximum atomic E-state index is 13.0. The Balaban J connectivity index is 1.42. The number of hydrogen-bond donors (Lipinski definition) is 0. The van der Waals surface area contributed by atoms with Gasteiger partial charge in [0.2, 0.25) is 0 Å². The number of unbranched alkanes of at least 4 members (excludes halogenated alkanes) is 6. The quantitative estimate of drug-likeness (QED) is 0.0389. The lowest BCUT2D eigenvalue weighted by atomic mass is 10.1. The first-order chi connectivity index (χ1) is 24.8. The first-order valence-electron chi connectivity index (χ1n) is 17.4. The molecule has 3 aromatic carbocycles. The van der Waals surface area contributed by atoms with Gasteiger partial charge in [-0.15, -0.1) is 0 Å². The van der Waals surface area contributed by atoms with Gasteiger partial charge >= 0.3 is 23.9 Å². The van der Waals surface area contributed by atoms with Crippen LogP contribution < -0.4 is 18.9 Å². The first kappa shape index (κ1) is 40.1. The van der Waals surface area contributed by atoms with E-state index >= 15 is 0 Å². The smallest absolute Gasteiger partial charge is 0.343 e. The Bertz CT molecular complexity index is 1560. The van der Waals surface area contributed by atoms with Crippen LogP contribution in [0.15, 0.2) is 92.0 Å². The highest BCUT2D eigenvalue weighted by Crippen LogP contribution is 2.28. The van der Waals surface area contributed by atoms with Crippen molar-refractivity contribution in [2.45, 2.75) is 71.1 Å². The van der Waals surface area contributed by atoms with E-state index in [1.807, 2.05) is 6.92 Å². The number of benzene rings is 3. The summed E-state index contributed by atoms with van der Waals surface area (Å²) in [5.41, 5.74) is 1.50. The Morgan fingerprint density at radius 2 is 0.980 bits per heavy atom. The number of esters is 4. The highest BCUT2D eigenvalue weighted by atomic mass is 16.5. The summed E-state index contributed by atoms with van der Waals surface area (Å²) in [7, 11) is 0. The van der Waals surface area contributed by atoms with Crippen LogP contribution in [-0.4, -0.2) is 50.3 Å². The number of rotatable bonds is 24. The molecule has 10 nitrogen and oxygen atoms in total. The van der Waals surface area contributed by atoms with Crippen molar-refractivity contribution in [1.82, 2.24) is 0 Å². The van der Waals surface area contributed by atoms with Crippen molar-refractivity contribution in [3.63, 3.8) is 0 Å². The van der Waals surface area contributed by atoms with Crippen LogP contribution >= 0.6 is 0 Å². The van der Waals surface area contributed by atoms with Gasteiger partial charge in [-0.05, 0) is 130 Å². The highest BCUT2D eigenvalue weighted by molar-refractivity contribution is 5.92. The number of ether oxygens (including phenoxy) is 6. The van der Waals surface area contributed by atoms with Gasteiger partial charge in [0.15, 0.2) is 0 Å². The lowest BCUT2D eigenvalue weighted by Gasteiger charge is -2.13. The minimum atomic E-state index is -0.514. The van der Waals surface area contributed by atoms with Gasteiger partial charge in [-0.25, -0.2) is 19.2 Å². The van der Waals surface area contributed by atoms with E-state index < -0.39 is 23.9 Å². The maximum Gasteiger partial charge on any atom is 0.343 e. The average Bonchev–Trinajstić information content (AvgIpc) is 3.15. The third-order valence-corrected chi connectivity index (χ3v) is 7.58. The van der Waals surface area contributed by atoms with Crippen LogP contribution in [0.25, 0.3) is 0 Å². The standard InChI is InChI=1S/C41H48O10/c1-4-15-33-30-36(50-40(44)31-16-20-34(21-17-31)46-26-11-7-9-13-28-48-38(42)5-2)24-25-37(33)51-41(45)32-18-22-35(23-19-32)47-27-12-8-10-14-29-49-39(43)6-3/h5-6,16-25,30H,2-4,7-15,26-29H2,1H3. The van der Waals surface area contributed by atoms with Crippen LogP contribution in [0.5, 0.6) is 23.0 Å². The summed E-state index contributed by atoms with van der Waals surface area (Å²) >= 11 is 0. The number of carbonyl (C=O) groups excluding carboxylic acids is 4. The molecule has 0 spiro atoms. The second-order valence-electron chi connectivity index (χ2n) is 11.6. The molecule has 0 aliphatic heterocycles. The fourth-order valence-corrected chi connectivity index (χ4v) is 4.84. The third kappa shape index (κ3) is 15.4. The fourth-order valence-electron chi connectivity index (χ4n) is 4.84. The Morgan fingerprint density at radius 3 is 1.43 bits per heavy atom. The molecule has 0 saturated carbocycles. The van der Waals surface area contributed by atoms with Gasteiger partial charge < -0.3 is 28.4 Å². The van der Waals surface area contributed by atoms with Crippen LogP contribution in [0.2, 0.25) is 0 Å². The van der Waals surface area contributed by atoms with Crippen LogP contribution in [0, 0.1) is 0 Å². The van der Waals surface area contributed by atoms with Crippen molar-refractivity contribution < 1.29 is 47.6 Å². The molecule has 0 amide bonds. The summed E-state index contributed by atoms with van der Waals surface area (Å²) in [5, 5.41) is 0. The Morgan fingerprint density at radius 1 is 0.549 bits per heavy atom. The molecule has 3 aromatic rings. The van der Waals surface area contributed by atoms with Crippen LogP contribution in [0.3, 0.4) is 0 Å². The molecule has 0 aliphatic rings. The van der Waals surface area contributed by atoms with E-state index in [-0.39, 0.29) is 0 Å². The van der Waals surface area contributed by atoms with Crippen LogP contribution in [-0.2, 0) is 25.5 Å². The minimum absolute atomic E-state index is 0.348. The van der Waals surface area contributed by atoms with Crippen molar-refractivity contribution in [3.8, 4) is 23.0 Å². The van der Waals surface area contributed by atoms with E-state index in [1.165, 1.54) is 0 Å².